The number of fused-ring (bicyclic) bond motifs is 1. The van der Waals surface area contributed by atoms with Crippen molar-refractivity contribution >= 4 is 22.5 Å². The summed E-state index contributed by atoms with van der Waals surface area (Å²) in [6.07, 6.45) is 0.744. The first-order valence-corrected chi connectivity index (χ1v) is 16.3. The van der Waals surface area contributed by atoms with Gasteiger partial charge in [0.1, 0.15) is 17.3 Å². The molecule has 1 amide bonds. The molecule has 2 heterocycles. The molecule has 0 aliphatic carbocycles. The van der Waals surface area contributed by atoms with Crippen LogP contribution in [0.25, 0.3) is 22.0 Å². The van der Waals surface area contributed by atoms with Crippen molar-refractivity contribution in [2.75, 3.05) is 45.1 Å². The second kappa shape index (κ2) is 13.6. The van der Waals surface area contributed by atoms with Crippen molar-refractivity contribution in [3.63, 3.8) is 0 Å². The Bertz CT molecular complexity index is 1870. The van der Waals surface area contributed by atoms with Crippen LogP contribution in [0.15, 0.2) is 78.9 Å². The summed E-state index contributed by atoms with van der Waals surface area (Å²) in [5.41, 5.74) is 7.57. The third-order valence-corrected chi connectivity index (χ3v) is 9.48. The number of halogens is 1. The molecule has 1 atom stereocenters. The van der Waals surface area contributed by atoms with Crippen LogP contribution < -0.4 is 5.32 Å². The summed E-state index contributed by atoms with van der Waals surface area (Å²) in [6, 6.07) is 22.4. The zero-order valence-corrected chi connectivity index (χ0v) is 27.6. The van der Waals surface area contributed by atoms with Crippen LogP contribution in [0.3, 0.4) is 0 Å². The number of piperazine rings is 1. The summed E-state index contributed by atoms with van der Waals surface area (Å²) >= 11 is 0. The quantitative estimate of drug-likeness (QED) is 0.160. The molecule has 5 aromatic rings. The Morgan fingerprint density at radius 2 is 1.49 bits per heavy atom. The predicted octanol–water partition coefficient (Wildman–Crippen LogP) is 7.20. The van der Waals surface area contributed by atoms with Gasteiger partial charge in [-0.3, -0.25) is 4.79 Å². The highest BCUT2D eigenvalue weighted by Gasteiger charge is 2.19. The molecular weight excluding hydrogens is 591 g/mol. The average molecular weight is 635 g/mol. The molecule has 0 bridgehead atoms. The SMILES string of the molecule is Cc1c(C)n(CC(C)CN2CCN(C)CC2)c2ccc(Cc3ccc(C(=O)Nc4cc(O)c(-c5ccc(F)cc5)c(O)c4)cc3)cc12. The molecule has 3 N–H and O–H groups in total. The number of aryl methyl sites for hydroxylation is 1. The standard InChI is InChI=1S/C39H43FN4O3/c1-25(23-43-17-15-42(4)16-18-43)24-44-27(3)26(2)34-20-29(7-14-35(34)44)19-28-5-8-31(9-6-28)39(47)41-33-21-36(45)38(37(46)22-33)30-10-12-32(40)13-11-30/h5-14,20-22,25,45-46H,15-19,23-24H2,1-4H3,(H,41,47). The Morgan fingerprint density at radius 3 is 2.15 bits per heavy atom. The van der Waals surface area contributed by atoms with E-state index >= 15 is 0 Å². The second-order valence-corrected chi connectivity index (χ2v) is 13.1. The first-order valence-electron chi connectivity index (χ1n) is 16.3. The van der Waals surface area contributed by atoms with Crippen molar-refractivity contribution in [3.05, 3.63) is 113 Å². The monoisotopic (exact) mass is 634 g/mol. The third-order valence-electron chi connectivity index (χ3n) is 9.48. The number of nitrogens with zero attached hydrogens (tertiary/aromatic N) is 3. The highest BCUT2D eigenvalue weighted by Crippen LogP contribution is 2.40. The van der Waals surface area contributed by atoms with Crippen molar-refractivity contribution in [1.82, 2.24) is 14.4 Å². The number of carbonyl (C=O) groups is 1. The molecule has 0 saturated carbocycles. The molecule has 4 aromatic carbocycles. The Hall–Kier alpha value is -4.66. The van der Waals surface area contributed by atoms with E-state index in [0.717, 1.165) is 51.3 Å². The van der Waals surface area contributed by atoms with Gasteiger partial charge in [-0.25, -0.2) is 4.39 Å². The van der Waals surface area contributed by atoms with E-state index in [1.807, 2.05) is 12.1 Å². The molecule has 7 nitrogen and oxygen atoms in total. The molecule has 8 heteroatoms. The number of amides is 1. The number of hydrogen-bond donors (Lipinski definition) is 3. The fraction of sp³-hybridized carbons (Fsp3) is 0.308. The minimum atomic E-state index is -0.416. The summed E-state index contributed by atoms with van der Waals surface area (Å²) in [4.78, 5) is 18.0. The van der Waals surface area contributed by atoms with E-state index in [2.05, 4.69) is 65.7 Å². The summed E-state index contributed by atoms with van der Waals surface area (Å²) in [6.45, 7) is 13.5. The van der Waals surface area contributed by atoms with Crippen LogP contribution in [0, 0.1) is 25.6 Å². The second-order valence-electron chi connectivity index (χ2n) is 13.1. The molecule has 1 fully saturated rings. The summed E-state index contributed by atoms with van der Waals surface area (Å²) in [7, 11) is 2.20. The van der Waals surface area contributed by atoms with E-state index in [-0.39, 0.29) is 28.7 Å². The Balaban J connectivity index is 1.10. The zero-order valence-electron chi connectivity index (χ0n) is 27.6. The van der Waals surface area contributed by atoms with Gasteiger partial charge in [-0.15, -0.1) is 0 Å². The van der Waals surface area contributed by atoms with Gasteiger partial charge in [0, 0.05) is 79.2 Å². The number of aromatic nitrogens is 1. The van der Waals surface area contributed by atoms with Gasteiger partial charge < -0.3 is 29.9 Å². The normalized spacial score (nSPS) is 14.8. The Labute approximate surface area is 275 Å². The fourth-order valence-corrected chi connectivity index (χ4v) is 6.69. The molecule has 47 heavy (non-hydrogen) atoms. The number of anilines is 1. The van der Waals surface area contributed by atoms with Gasteiger partial charge in [-0.2, -0.15) is 0 Å². The van der Waals surface area contributed by atoms with Crippen molar-refractivity contribution < 1.29 is 19.4 Å². The molecule has 1 saturated heterocycles. The van der Waals surface area contributed by atoms with Crippen LogP contribution in [0.1, 0.15) is 39.7 Å². The summed E-state index contributed by atoms with van der Waals surface area (Å²) in [5.74, 6) is -0.665. The summed E-state index contributed by atoms with van der Waals surface area (Å²) < 4.78 is 15.8. The minimum Gasteiger partial charge on any atom is -0.507 e. The number of carbonyl (C=O) groups excluding carboxylic acids is 1. The van der Waals surface area contributed by atoms with Gasteiger partial charge in [0.25, 0.3) is 5.91 Å². The lowest BCUT2D eigenvalue weighted by Crippen LogP contribution is -2.46. The van der Waals surface area contributed by atoms with Gasteiger partial charge in [-0.1, -0.05) is 37.3 Å². The maximum atomic E-state index is 13.3. The van der Waals surface area contributed by atoms with Gasteiger partial charge in [0.05, 0.1) is 5.56 Å². The van der Waals surface area contributed by atoms with Crippen LogP contribution in [-0.2, 0) is 13.0 Å². The first-order chi connectivity index (χ1) is 22.5. The Kier molecular flexibility index (Phi) is 9.34. The third kappa shape index (κ3) is 7.19. The number of phenols is 2. The predicted molar refractivity (Wildman–Crippen MR) is 187 cm³/mol. The zero-order chi connectivity index (χ0) is 33.2. The number of phenolic OH excluding ortho intramolecular Hbond substituents is 2. The molecule has 6 rings (SSSR count). The van der Waals surface area contributed by atoms with Crippen molar-refractivity contribution in [2.45, 2.75) is 33.7 Å². The molecule has 0 spiro atoms. The van der Waals surface area contributed by atoms with Gasteiger partial charge >= 0.3 is 0 Å². The molecule has 244 valence electrons. The molecule has 1 aliphatic rings. The molecule has 1 unspecified atom stereocenters. The highest BCUT2D eigenvalue weighted by molar-refractivity contribution is 6.04. The number of benzene rings is 4. The van der Waals surface area contributed by atoms with Crippen molar-refractivity contribution in [2.24, 2.45) is 5.92 Å². The van der Waals surface area contributed by atoms with E-state index in [4.69, 9.17) is 0 Å². The largest absolute Gasteiger partial charge is 0.507 e. The molecular formula is C39H43FN4O3. The van der Waals surface area contributed by atoms with Gasteiger partial charge in [0.15, 0.2) is 0 Å². The van der Waals surface area contributed by atoms with E-state index in [1.54, 1.807) is 12.1 Å². The van der Waals surface area contributed by atoms with E-state index in [1.165, 1.54) is 64.1 Å². The lowest BCUT2D eigenvalue weighted by atomic mass is 10.0. The number of aromatic hydroxyl groups is 2. The highest BCUT2D eigenvalue weighted by atomic mass is 19.1. The van der Waals surface area contributed by atoms with Crippen molar-refractivity contribution in [1.29, 1.82) is 0 Å². The minimum absolute atomic E-state index is 0.170. The van der Waals surface area contributed by atoms with Crippen LogP contribution in [0.5, 0.6) is 11.5 Å². The van der Waals surface area contributed by atoms with Crippen LogP contribution in [-0.4, -0.2) is 70.3 Å². The van der Waals surface area contributed by atoms with Crippen LogP contribution >= 0.6 is 0 Å². The van der Waals surface area contributed by atoms with Gasteiger partial charge in [-0.05, 0) is 91.9 Å². The van der Waals surface area contributed by atoms with Crippen LogP contribution in [0.4, 0.5) is 10.1 Å². The number of rotatable bonds is 9. The number of likely N-dealkylation sites (N-methyl/N-ethyl adjacent to an activating group) is 1. The molecule has 1 aliphatic heterocycles. The lowest BCUT2D eigenvalue weighted by molar-refractivity contribution is 0.102. The lowest BCUT2D eigenvalue weighted by Gasteiger charge is -2.34. The first kappa shape index (κ1) is 32.3. The maximum absolute atomic E-state index is 13.3. The topological polar surface area (TPSA) is 81.0 Å². The van der Waals surface area contributed by atoms with Crippen LogP contribution in [0.2, 0.25) is 0 Å². The van der Waals surface area contributed by atoms with E-state index in [0.29, 0.717) is 17.0 Å². The summed E-state index contributed by atoms with van der Waals surface area (Å²) in [5, 5.41) is 25.1. The Morgan fingerprint density at radius 1 is 0.851 bits per heavy atom. The number of hydrogen-bond acceptors (Lipinski definition) is 5. The maximum Gasteiger partial charge on any atom is 0.255 e. The fourth-order valence-electron chi connectivity index (χ4n) is 6.69. The number of nitrogens with one attached hydrogen (secondary N) is 1. The molecule has 0 radical (unpaired) electrons. The molecule has 1 aromatic heterocycles. The van der Waals surface area contributed by atoms with E-state index in [9.17, 15) is 19.4 Å². The van der Waals surface area contributed by atoms with Gasteiger partial charge in [0.2, 0.25) is 0 Å². The average Bonchev–Trinajstić information content (AvgIpc) is 3.27. The van der Waals surface area contributed by atoms with Crippen molar-refractivity contribution in [3.8, 4) is 22.6 Å². The van der Waals surface area contributed by atoms with E-state index < -0.39 is 5.82 Å². The smallest absolute Gasteiger partial charge is 0.255 e.